The van der Waals surface area contributed by atoms with Gasteiger partial charge in [-0.1, -0.05) is 38.5 Å². The Labute approximate surface area is 129 Å². The van der Waals surface area contributed by atoms with Crippen molar-refractivity contribution in [3.63, 3.8) is 0 Å². The minimum absolute atomic E-state index is 0.788. The van der Waals surface area contributed by atoms with Crippen molar-refractivity contribution in [3.05, 3.63) is 11.4 Å². The Bertz CT molecular complexity index is 402. The highest BCUT2D eigenvalue weighted by molar-refractivity contribution is 6.50. The van der Waals surface area contributed by atoms with Gasteiger partial charge in [-0.25, -0.2) is 4.99 Å². The molecule has 2 aliphatic carbocycles. The Kier molecular flexibility index (Phi) is 6.47. The zero-order valence-corrected chi connectivity index (χ0v) is 12.9. The van der Waals surface area contributed by atoms with Crippen molar-refractivity contribution < 1.29 is 22.6 Å². The number of hydrogen-bond acceptors (Lipinski definition) is 1. The number of allylic oxidation sites excluding steroid dienone is 2. The highest BCUT2D eigenvalue weighted by Gasteiger charge is 2.31. The molecule has 1 aliphatic heterocycles. The van der Waals surface area contributed by atoms with Gasteiger partial charge in [0.15, 0.2) is 6.34 Å². The number of rotatable bonds is 2. The van der Waals surface area contributed by atoms with Crippen LogP contribution < -0.4 is 5.32 Å². The fourth-order valence-electron chi connectivity index (χ4n) is 3.83. The predicted molar refractivity (Wildman–Crippen MR) is 80.8 cm³/mol. The number of hydrogen-bond donors (Lipinski definition) is 1. The summed E-state index contributed by atoms with van der Waals surface area (Å²) in [7, 11) is -6.00. The van der Waals surface area contributed by atoms with Gasteiger partial charge in [-0.3, -0.25) is 5.32 Å². The second kappa shape index (κ2) is 8.13. The molecule has 0 saturated heterocycles. The minimum Gasteiger partial charge on any atom is -0.418 e. The molecule has 2 fully saturated rings. The van der Waals surface area contributed by atoms with E-state index in [1.165, 1.54) is 69.9 Å². The lowest BCUT2D eigenvalue weighted by molar-refractivity contribution is -0.480. The van der Waals surface area contributed by atoms with Crippen LogP contribution in [0, 0.1) is 11.8 Å². The van der Waals surface area contributed by atoms with Gasteiger partial charge in [0.05, 0.1) is 0 Å². The van der Waals surface area contributed by atoms with Crippen molar-refractivity contribution in [1.29, 1.82) is 0 Å². The monoisotopic (exact) mass is 320 g/mol. The van der Waals surface area contributed by atoms with E-state index in [0.717, 1.165) is 11.8 Å². The summed E-state index contributed by atoms with van der Waals surface area (Å²) in [6, 6.07) is 0. The molecule has 1 heterocycles. The molecule has 0 spiro atoms. The van der Waals surface area contributed by atoms with Crippen LogP contribution in [0.2, 0.25) is 0 Å². The molecule has 2 nitrogen and oxygen atoms in total. The summed E-state index contributed by atoms with van der Waals surface area (Å²) in [6.07, 6.45) is 16.2. The third-order valence-corrected chi connectivity index (χ3v) is 4.80. The quantitative estimate of drug-likeness (QED) is 0.582. The van der Waals surface area contributed by atoms with Crippen molar-refractivity contribution in [1.82, 2.24) is 0 Å². The lowest BCUT2D eigenvalue weighted by atomic mass is 9.81. The van der Waals surface area contributed by atoms with Crippen LogP contribution in [-0.2, 0) is 0 Å². The Morgan fingerprint density at radius 3 is 1.77 bits per heavy atom. The second-order valence-corrected chi connectivity index (χ2v) is 6.45. The van der Waals surface area contributed by atoms with Gasteiger partial charge in [-0.05, 0) is 25.7 Å². The van der Waals surface area contributed by atoms with Crippen molar-refractivity contribution >= 4 is 13.6 Å². The topological polar surface area (TPSA) is 29.0 Å². The van der Waals surface area contributed by atoms with Crippen LogP contribution in [0.5, 0.6) is 0 Å². The van der Waals surface area contributed by atoms with E-state index >= 15 is 0 Å². The maximum absolute atomic E-state index is 9.75. The molecule has 0 bridgehead atoms. The van der Waals surface area contributed by atoms with E-state index in [9.17, 15) is 17.3 Å². The van der Waals surface area contributed by atoms with Crippen LogP contribution in [0.4, 0.5) is 17.3 Å². The number of aliphatic imine (C=N–C) groups is 1. The van der Waals surface area contributed by atoms with E-state index in [4.69, 9.17) is 4.99 Å². The maximum Gasteiger partial charge on any atom is 0.673 e. The Morgan fingerprint density at radius 1 is 0.818 bits per heavy atom. The van der Waals surface area contributed by atoms with Crippen molar-refractivity contribution in [2.45, 2.75) is 64.2 Å². The third-order valence-electron chi connectivity index (χ3n) is 4.80. The summed E-state index contributed by atoms with van der Waals surface area (Å²) in [5, 5.41) is 2.32. The molecule has 7 heteroatoms. The smallest absolute Gasteiger partial charge is 0.418 e. The summed E-state index contributed by atoms with van der Waals surface area (Å²) in [5.74, 6) is 1.62. The first-order valence-electron chi connectivity index (χ1n) is 8.44. The van der Waals surface area contributed by atoms with Crippen LogP contribution in [0.3, 0.4) is 0 Å². The Balaban J connectivity index is 0.000000309. The third kappa shape index (κ3) is 5.74. The lowest BCUT2D eigenvalue weighted by Gasteiger charge is -2.25. The van der Waals surface area contributed by atoms with Gasteiger partial charge in [-0.2, -0.15) is 0 Å². The maximum atomic E-state index is 9.75. The number of halogens is 4. The first-order valence-corrected chi connectivity index (χ1v) is 8.44. The van der Waals surface area contributed by atoms with E-state index in [-0.39, 0.29) is 0 Å². The average Bonchev–Trinajstić information content (AvgIpc) is 2.97. The van der Waals surface area contributed by atoms with E-state index in [0.29, 0.717) is 0 Å². The Hall–Kier alpha value is -0.845. The van der Waals surface area contributed by atoms with E-state index in [2.05, 4.69) is 11.7 Å². The normalized spacial score (nSPS) is 24.4. The molecule has 3 aliphatic rings. The SMILES string of the molecule is C1=NC(C2CCCCC2)=C(C2CCCCC2)[NH2+]1.F[B-](F)(F)F. The number of nitrogens with two attached hydrogens (primary N) is 1. The van der Waals surface area contributed by atoms with E-state index < -0.39 is 7.25 Å². The summed E-state index contributed by atoms with van der Waals surface area (Å²) in [5.41, 5.74) is 3.10. The fraction of sp³-hybridized carbons (Fsp3) is 0.800. The summed E-state index contributed by atoms with van der Waals surface area (Å²) < 4.78 is 39.0. The van der Waals surface area contributed by atoms with E-state index in [1.807, 2.05) is 0 Å². The van der Waals surface area contributed by atoms with Crippen molar-refractivity contribution in [2.24, 2.45) is 16.8 Å². The predicted octanol–water partition coefficient (Wildman–Crippen LogP) is 4.26. The van der Waals surface area contributed by atoms with Gasteiger partial charge in [0, 0.05) is 11.8 Å². The van der Waals surface area contributed by atoms with Gasteiger partial charge in [-0.15, -0.1) is 0 Å². The first-order chi connectivity index (χ1) is 10.4. The van der Waals surface area contributed by atoms with Gasteiger partial charge in [0.2, 0.25) is 0 Å². The van der Waals surface area contributed by atoms with Gasteiger partial charge >= 0.3 is 7.25 Å². The minimum atomic E-state index is -6.00. The van der Waals surface area contributed by atoms with Crippen LogP contribution in [0.1, 0.15) is 64.2 Å². The zero-order chi connectivity index (χ0) is 16.0. The highest BCUT2D eigenvalue weighted by atomic mass is 19.5. The fourth-order valence-corrected chi connectivity index (χ4v) is 3.83. The van der Waals surface area contributed by atoms with Crippen molar-refractivity contribution in [3.8, 4) is 0 Å². The molecule has 0 aromatic rings. The number of quaternary nitrogens is 1. The number of nitrogens with zero attached hydrogens (tertiary/aromatic N) is 1. The Morgan fingerprint density at radius 2 is 1.27 bits per heavy atom. The zero-order valence-electron chi connectivity index (χ0n) is 12.9. The molecule has 22 heavy (non-hydrogen) atoms. The standard InChI is InChI=1S/C15H24N2.BF4/c1-3-7-12(8-4-1)14-15(17-11-16-14)13-9-5-2-6-10-13;2-1(3,4)5/h11-13H,1-10H2,(H,16,17);/q;-1/p+1. The molecule has 3 rings (SSSR count). The van der Waals surface area contributed by atoms with Gasteiger partial charge in [0.1, 0.15) is 11.4 Å². The molecular formula is C15H25BF4N2. The lowest BCUT2D eigenvalue weighted by Crippen LogP contribution is -2.80. The van der Waals surface area contributed by atoms with Crippen LogP contribution in [0.15, 0.2) is 16.4 Å². The molecule has 0 amide bonds. The molecule has 126 valence electrons. The summed E-state index contributed by atoms with van der Waals surface area (Å²) in [6.45, 7) is 0. The molecule has 0 aromatic carbocycles. The second-order valence-electron chi connectivity index (χ2n) is 6.45. The molecule has 0 radical (unpaired) electrons. The molecule has 2 saturated carbocycles. The van der Waals surface area contributed by atoms with Gasteiger partial charge in [0.25, 0.3) is 0 Å². The average molecular weight is 320 g/mol. The molecule has 2 N–H and O–H groups in total. The van der Waals surface area contributed by atoms with Crippen LogP contribution in [0.25, 0.3) is 0 Å². The summed E-state index contributed by atoms with van der Waals surface area (Å²) in [4.78, 5) is 4.72. The van der Waals surface area contributed by atoms with Crippen LogP contribution >= 0.6 is 0 Å². The molecular weight excluding hydrogens is 295 g/mol. The highest BCUT2D eigenvalue weighted by Crippen LogP contribution is 2.36. The molecule has 0 atom stereocenters. The molecule has 0 unspecified atom stereocenters. The largest absolute Gasteiger partial charge is 0.673 e. The van der Waals surface area contributed by atoms with Crippen molar-refractivity contribution in [2.75, 3.05) is 0 Å². The van der Waals surface area contributed by atoms with Crippen LogP contribution in [-0.4, -0.2) is 13.6 Å². The van der Waals surface area contributed by atoms with Gasteiger partial charge < -0.3 is 17.3 Å². The first kappa shape index (κ1) is 17.5. The van der Waals surface area contributed by atoms with E-state index in [1.54, 1.807) is 5.70 Å². The summed E-state index contributed by atoms with van der Waals surface area (Å²) >= 11 is 0. The molecule has 0 aromatic heterocycles.